The minimum Gasteiger partial charge on any atom is -0.342 e. The number of piperidine rings is 1. The highest BCUT2D eigenvalue weighted by Crippen LogP contribution is 2.25. The monoisotopic (exact) mass is 290 g/mol. The Morgan fingerprint density at radius 1 is 1.29 bits per heavy atom. The highest BCUT2D eigenvalue weighted by atomic mass is 16.2. The third-order valence-electron chi connectivity index (χ3n) is 4.84. The van der Waals surface area contributed by atoms with Crippen LogP contribution < -0.4 is 0 Å². The van der Waals surface area contributed by atoms with Gasteiger partial charge in [0.25, 0.3) is 0 Å². The smallest absolute Gasteiger partial charge is 0.223 e. The summed E-state index contributed by atoms with van der Waals surface area (Å²) in [5.74, 6) is 1.84. The van der Waals surface area contributed by atoms with Crippen LogP contribution in [0, 0.1) is 0 Å². The molecule has 1 aromatic heterocycles. The molecule has 2 saturated heterocycles. The first-order chi connectivity index (χ1) is 10.2. The van der Waals surface area contributed by atoms with Crippen LogP contribution in [0.25, 0.3) is 0 Å². The van der Waals surface area contributed by atoms with E-state index in [1.54, 1.807) is 0 Å². The van der Waals surface area contributed by atoms with Gasteiger partial charge in [0.2, 0.25) is 5.91 Å². The summed E-state index contributed by atoms with van der Waals surface area (Å²) in [5, 5.41) is 0. The molecule has 5 heteroatoms. The largest absolute Gasteiger partial charge is 0.342 e. The Balaban J connectivity index is 1.53. The summed E-state index contributed by atoms with van der Waals surface area (Å²) in [4.78, 5) is 21.4. The van der Waals surface area contributed by atoms with Crippen LogP contribution >= 0.6 is 0 Å². The molecule has 1 atom stereocenters. The average Bonchev–Trinajstić information content (AvgIpc) is 3.16. The Hall–Kier alpha value is -1.36. The number of imidazole rings is 1. The predicted octanol–water partition coefficient (Wildman–Crippen LogP) is 1.61. The van der Waals surface area contributed by atoms with Gasteiger partial charge in [-0.1, -0.05) is 0 Å². The summed E-state index contributed by atoms with van der Waals surface area (Å²) in [6, 6.07) is 0. The summed E-state index contributed by atoms with van der Waals surface area (Å²) in [6.45, 7) is 5.03. The maximum absolute atomic E-state index is 12.4. The summed E-state index contributed by atoms with van der Waals surface area (Å²) in [5.41, 5.74) is 0. The molecule has 0 aliphatic carbocycles. The van der Waals surface area contributed by atoms with Crippen LogP contribution in [0.2, 0.25) is 0 Å². The van der Waals surface area contributed by atoms with Crippen molar-refractivity contribution in [2.24, 2.45) is 7.05 Å². The van der Waals surface area contributed by atoms with Crippen LogP contribution in [-0.2, 0) is 11.8 Å². The van der Waals surface area contributed by atoms with E-state index in [1.807, 2.05) is 19.4 Å². The number of amides is 1. The number of hydrogen-bond donors (Lipinski definition) is 0. The van der Waals surface area contributed by atoms with E-state index in [-0.39, 0.29) is 0 Å². The van der Waals surface area contributed by atoms with E-state index in [9.17, 15) is 4.79 Å². The molecule has 2 aliphatic heterocycles. The lowest BCUT2D eigenvalue weighted by molar-refractivity contribution is -0.132. The third kappa shape index (κ3) is 3.46. The van der Waals surface area contributed by atoms with Crippen molar-refractivity contribution in [2.75, 3.05) is 32.7 Å². The first kappa shape index (κ1) is 14.6. The Kier molecular flexibility index (Phi) is 4.58. The van der Waals surface area contributed by atoms with Crippen LogP contribution in [0.3, 0.4) is 0 Å². The lowest BCUT2D eigenvalue weighted by atomic mass is 9.97. The molecule has 3 heterocycles. The van der Waals surface area contributed by atoms with Crippen molar-refractivity contribution in [3.8, 4) is 0 Å². The van der Waals surface area contributed by atoms with E-state index in [2.05, 4.69) is 19.4 Å². The van der Waals surface area contributed by atoms with E-state index in [0.717, 1.165) is 38.3 Å². The fraction of sp³-hybridized carbons (Fsp3) is 0.750. The topological polar surface area (TPSA) is 41.4 Å². The van der Waals surface area contributed by atoms with E-state index < -0.39 is 0 Å². The molecule has 0 aromatic carbocycles. The maximum atomic E-state index is 12.4. The van der Waals surface area contributed by atoms with Gasteiger partial charge in [-0.05, 0) is 38.8 Å². The van der Waals surface area contributed by atoms with Crippen molar-refractivity contribution in [3.63, 3.8) is 0 Å². The zero-order valence-electron chi connectivity index (χ0n) is 13.0. The number of carbonyl (C=O) groups excluding carboxylic acids is 1. The van der Waals surface area contributed by atoms with E-state index in [0.29, 0.717) is 18.2 Å². The minimum atomic E-state index is 0.320. The number of carbonyl (C=O) groups is 1. The fourth-order valence-corrected chi connectivity index (χ4v) is 3.60. The minimum absolute atomic E-state index is 0.320. The number of likely N-dealkylation sites (tertiary alicyclic amines) is 2. The summed E-state index contributed by atoms with van der Waals surface area (Å²) in [6.07, 6.45) is 9.33. The van der Waals surface area contributed by atoms with Crippen LogP contribution in [0.5, 0.6) is 0 Å². The van der Waals surface area contributed by atoms with Gasteiger partial charge in [-0.3, -0.25) is 4.79 Å². The first-order valence-electron chi connectivity index (χ1n) is 8.21. The molecule has 0 radical (unpaired) electrons. The van der Waals surface area contributed by atoms with Crippen molar-refractivity contribution in [1.29, 1.82) is 0 Å². The van der Waals surface area contributed by atoms with Crippen molar-refractivity contribution in [1.82, 2.24) is 19.4 Å². The highest BCUT2D eigenvalue weighted by molar-refractivity contribution is 5.76. The molecule has 5 nitrogen and oxygen atoms in total. The lowest BCUT2D eigenvalue weighted by Gasteiger charge is -2.33. The van der Waals surface area contributed by atoms with Gasteiger partial charge >= 0.3 is 0 Å². The van der Waals surface area contributed by atoms with Gasteiger partial charge in [0, 0.05) is 51.4 Å². The summed E-state index contributed by atoms with van der Waals surface area (Å²) in [7, 11) is 2.04. The van der Waals surface area contributed by atoms with Crippen LogP contribution in [-0.4, -0.2) is 58.0 Å². The second kappa shape index (κ2) is 6.60. The molecule has 1 aromatic rings. The van der Waals surface area contributed by atoms with E-state index in [4.69, 9.17) is 0 Å². The van der Waals surface area contributed by atoms with Crippen LogP contribution in [0.4, 0.5) is 0 Å². The zero-order chi connectivity index (χ0) is 14.7. The van der Waals surface area contributed by atoms with Gasteiger partial charge in [-0.25, -0.2) is 4.98 Å². The molecule has 2 aliphatic rings. The molecule has 2 fully saturated rings. The standard InChI is InChI=1S/C16H26N4O/c1-18-12-7-17-16(18)14-5-4-10-20(13-14)15(21)6-11-19-8-2-3-9-19/h7,12,14H,2-6,8-11,13H2,1H3. The number of aromatic nitrogens is 2. The molecule has 0 N–H and O–H groups in total. The third-order valence-corrected chi connectivity index (χ3v) is 4.84. The molecule has 116 valence electrons. The van der Waals surface area contributed by atoms with Gasteiger partial charge in [-0.2, -0.15) is 0 Å². The zero-order valence-corrected chi connectivity index (χ0v) is 13.0. The van der Waals surface area contributed by atoms with Gasteiger partial charge in [-0.15, -0.1) is 0 Å². The fourth-order valence-electron chi connectivity index (χ4n) is 3.60. The first-order valence-corrected chi connectivity index (χ1v) is 8.21. The second-order valence-corrected chi connectivity index (χ2v) is 6.37. The second-order valence-electron chi connectivity index (χ2n) is 6.37. The molecule has 0 spiro atoms. The Morgan fingerprint density at radius 2 is 2.10 bits per heavy atom. The van der Waals surface area contributed by atoms with Gasteiger partial charge in [0.1, 0.15) is 5.82 Å². The van der Waals surface area contributed by atoms with Gasteiger partial charge in [0.15, 0.2) is 0 Å². The van der Waals surface area contributed by atoms with Crippen molar-refractivity contribution >= 4 is 5.91 Å². The van der Waals surface area contributed by atoms with E-state index >= 15 is 0 Å². The lowest BCUT2D eigenvalue weighted by Crippen LogP contribution is -2.40. The average molecular weight is 290 g/mol. The maximum Gasteiger partial charge on any atom is 0.223 e. The molecular weight excluding hydrogens is 264 g/mol. The highest BCUT2D eigenvalue weighted by Gasteiger charge is 2.27. The molecule has 0 bridgehead atoms. The number of aryl methyl sites for hydroxylation is 1. The predicted molar refractivity (Wildman–Crippen MR) is 82.1 cm³/mol. The Labute approximate surface area is 126 Å². The number of hydrogen-bond acceptors (Lipinski definition) is 3. The van der Waals surface area contributed by atoms with Crippen molar-refractivity contribution in [2.45, 2.75) is 38.0 Å². The molecule has 0 saturated carbocycles. The number of nitrogens with zero attached hydrogens (tertiary/aromatic N) is 4. The molecule has 1 amide bonds. The van der Waals surface area contributed by atoms with E-state index in [1.165, 1.54) is 25.9 Å². The number of rotatable bonds is 4. The Morgan fingerprint density at radius 3 is 2.81 bits per heavy atom. The molecule has 21 heavy (non-hydrogen) atoms. The van der Waals surface area contributed by atoms with Crippen molar-refractivity contribution < 1.29 is 4.79 Å². The Bertz CT molecular complexity index is 478. The SMILES string of the molecule is Cn1ccnc1C1CCCN(C(=O)CCN2CCCC2)C1. The van der Waals surface area contributed by atoms with Gasteiger partial charge in [0.05, 0.1) is 0 Å². The molecular formula is C16H26N4O. The molecule has 3 rings (SSSR count). The summed E-state index contributed by atoms with van der Waals surface area (Å²) >= 11 is 0. The summed E-state index contributed by atoms with van der Waals surface area (Å²) < 4.78 is 2.09. The quantitative estimate of drug-likeness (QED) is 0.846. The van der Waals surface area contributed by atoms with Crippen LogP contribution in [0.1, 0.15) is 43.8 Å². The van der Waals surface area contributed by atoms with Crippen LogP contribution in [0.15, 0.2) is 12.4 Å². The van der Waals surface area contributed by atoms with Gasteiger partial charge < -0.3 is 14.4 Å². The molecule has 1 unspecified atom stereocenters. The normalized spacial score (nSPS) is 23.7. The van der Waals surface area contributed by atoms with Crippen molar-refractivity contribution in [3.05, 3.63) is 18.2 Å².